The second-order valence-corrected chi connectivity index (χ2v) is 2.72. The molecule has 0 amide bonds. The monoisotopic (exact) mass is 204 g/mol. The summed E-state index contributed by atoms with van der Waals surface area (Å²) in [7, 11) is 4.06. The predicted molar refractivity (Wildman–Crippen MR) is 48.7 cm³/mol. The van der Waals surface area contributed by atoms with Crippen LogP contribution in [0, 0.1) is 0 Å². The second kappa shape index (κ2) is 7.32. The van der Waals surface area contributed by atoms with Crippen molar-refractivity contribution in [1.82, 2.24) is 0 Å². The number of rotatable bonds is 6. The Hall–Kier alpha value is -1.10. The number of carbonyl (C=O) groups is 2. The van der Waals surface area contributed by atoms with Crippen molar-refractivity contribution in [3.63, 3.8) is 0 Å². The van der Waals surface area contributed by atoms with Crippen LogP contribution in [0.25, 0.3) is 0 Å². The molecular weight excluding hydrogens is 188 g/mol. The highest BCUT2D eigenvalue weighted by Crippen LogP contribution is 2.06. The molecule has 0 radical (unpaired) electrons. The zero-order valence-electron chi connectivity index (χ0n) is 8.74. The lowest BCUT2D eigenvalue weighted by molar-refractivity contribution is -0.153. The lowest BCUT2D eigenvalue weighted by Crippen LogP contribution is -2.24. The summed E-state index contributed by atoms with van der Waals surface area (Å²) >= 11 is 0. The van der Waals surface area contributed by atoms with E-state index in [0.717, 1.165) is 0 Å². The molecule has 0 fully saturated rings. The van der Waals surface area contributed by atoms with Crippen LogP contribution in [0.1, 0.15) is 19.3 Å². The molecule has 1 atom stereocenters. The summed E-state index contributed by atoms with van der Waals surface area (Å²) in [5.41, 5.74) is 0. The van der Waals surface area contributed by atoms with Crippen LogP contribution in [0.5, 0.6) is 0 Å². The second-order valence-electron chi connectivity index (χ2n) is 2.72. The van der Waals surface area contributed by atoms with Crippen LogP contribution < -0.4 is 0 Å². The molecule has 0 aromatic carbocycles. The van der Waals surface area contributed by atoms with Gasteiger partial charge in [-0.15, -0.1) is 0 Å². The first-order chi connectivity index (χ1) is 6.65. The highest BCUT2D eigenvalue weighted by molar-refractivity contribution is 5.74. The fourth-order valence-corrected chi connectivity index (χ4v) is 0.997. The van der Waals surface area contributed by atoms with Crippen molar-refractivity contribution in [2.24, 2.45) is 0 Å². The van der Waals surface area contributed by atoms with Crippen molar-refractivity contribution in [3.8, 4) is 0 Å². The van der Waals surface area contributed by atoms with Crippen molar-refractivity contribution in [2.45, 2.75) is 25.4 Å². The Bertz CT molecular complexity index is 190. The van der Waals surface area contributed by atoms with Gasteiger partial charge >= 0.3 is 11.9 Å². The standard InChI is InChI=1S/C9H16O5/c1-12-7(9(11)14-3)5-4-6-8(10)13-2/h7H,4-6H2,1-3H3. The van der Waals surface area contributed by atoms with E-state index in [0.29, 0.717) is 12.8 Å². The Morgan fingerprint density at radius 3 is 2.21 bits per heavy atom. The maximum atomic E-state index is 11.0. The maximum absolute atomic E-state index is 11.0. The van der Waals surface area contributed by atoms with Gasteiger partial charge < -0.3 is 14.2 Å². The highest BCUT2D eigenvalue weighted by Gasteiger charge is 2.18. The van der Waals surface area contributed by atoms with Gasteiger partial charge in [0.15, 0.2) is 6.10 Å². The molecule has 82 valence electrons. The molecule has 5 heteroatoms. The minimum atomic E-state index is -0.593. The Kier molecular flexibility index (Phi) is 6.74. The Labute approximate surface area is 83.3 Å². The summed E-state index contributed by atoms with van der Waals surface area (Å²) in [6.45, 7) is 0. The van der Waals surface area contributed by atoms with Crippen LogP contribution in [-0.4, -0.2) is 39.4 Å². The number of ether oxygens (including phenoxy) is 3. The molecule has 0 saturated heterocycles. The molecule has 0 rings (SSSR count). The van der Waals surface area contributed by atoms with Gasteiger partial charge in [0.1, 0.15) is 0 Å². The van der Waals surface area contributed by atoms with Gasteiger partial charge in [-0.2, -0.15) is 0 Å². The van der Waals surface area contributed by atoms with Crippen LogP contribution in [0.2, 0.25) is 0 Å². The third-order valence-corrected chi connectivity index (χ3v) is 1.82. The summed E-state index contributed by atoms with van der Waals surface area (Å²) in [5, 5.41) is 0. The van der Waals surface area contributed by atoms with E-state index in [1.807, 2.05) is 0 Å². The average molecular weight is 204 g/mol. The number of hydrogen-bond acceptors (Lipinski definition) is 5. The molecule has 5 nitrogen and oxygen atoms in total. The first-order valence-corrected chi connectivity index (χ1v) is 4.33. The van der Waals surface area contributed by atoms with Gasteiger partial charge in [-0.3, -0.25) is 4.79 Å². The van der Waals surface area contributed by atoms with Gasteiger partial charge in [0.25, 0.3) is 0 Å². The molecular formula is C9H16O5. The molecule has 1 unspecified atom stereocenters. The van der Waals surface area contributed by atoms with Crippen molar-refractivity contribution < 1.29 is 23.8 Å². The number of esters is 2. The predicted octanol–water partition coefficient (Wildman–Crippen LogP) is 0.518. The van der Waals surface area contributed by atoms with E-state index in [4.69, 9.17) is 4.74 Å². The first-order valence-electron chi connectivity index (χ1n) is 4.33. The van der Waals surface area contributed by atoms with Crippen LogP contribution in [-0.2, 0) is 23.8 Å². The fraction of sp³-hybridized carbons (Fsp3) is 0.778. The smallest absolute Gasteiger partial charge is 0.334 e. The van der Waals surface area contributed by atoms with Crippen molar-refractivity contribution in [1.29, 1.82) is 0 Å². The van der Waals surface area contributed by atoms with Gasteiger partial charge in [0.2, 0.25) is 0 Å². The highest BCUT2D eigenvalue weighted by atomic mass is 16.6. The zero-order chi connectivity index (χ0) is 11.0. The Morgan fingerprint density at radius 2 is 1.79 bits per heavy atom. The van der Waals surface area contributed by atoms with Crippen molar-refractivity contribution in [3.05, 3.63) is 0 Å². The van der Waals surface area contributed by atoms with Crippen LogP contribution in [0.3, 0.4) is 0 Å². The third-order valence-electron chi connectivity index (χ3n) is 1.82. The minimum absolute atomic E-state index is 0.285. The normalized spacial score (nSPS) is 11.9. The summed E-state index contributed by atoms with van der Waals surface area (Å²) in [4.78, 5) is 21.8. The van der Waals surface area contributed by atoms with E-state index >= 15 is 0 Å². The molecule has 0 aromatic rings. The molecule has 0 heterocycles. The van der Waals surface area contributed by atoms with E-state index in [1.54, 1.807) is 0 Å². The summed E-state index contributed by atoms with van der Waals surface area (Å²) in [6.07, 6.45) is 0.691. The third kappa shape index (κ3) is 4.81. The lowest BCUT2D eigenvalue weighted by Gasteiger charge is -2.11. The molecule has 14 heavy (non-hydrogen) atoms. The summed E-state index contributed by atoms with van der Waals surface area (Å²) in [6, 6.07) is 0. The SMILES string of the molecule is COC(=O)CCCC(OC)C(=O)OC. The molecule has 0 spiro atoms. The van der Waals surface area contributed by atoms with Gasteiger partial charge in [-0.1, -0.05) is 0 Å². The number of carbonyl (C=O) groups excluding carboxylic acids is 2. The van der Waals surface area contributed by atoms with E-state index in [1.165, 1.54) is 21.3 Å². The Balaban J connectivity index is 3.73. The molecule has 0 aromatic heterocycles. The van der Waals surface area contributed by atoms with Crippen LogP contribution in [0.4, 0.5) is 0 Å². The Morgan fingerprint density at radius 1 is 1.14 bits per heavy atom. The quantitative estimate of drug-likeness (QED) is 0.590. The summed E-state index contributed by atoms with van der Waals surface area (Å²) in [5.74, 6) is -0.706. The van der Waals surface area contributed by atoms with Crippen LogP contribution >= 0.6 is 0 Å². The fourth-order valence-electron chi connectivity index (χ4n) is 0.997. The largest absolute Gasteiger partial charge is 0.469 e. The van der Waals surface area contributed by atoms with E-state index < -0.39 is 12.1 Å². The van der Waals surface area contributed by atoms with E-state index in [2.05, 4.69) is 9.47 Å². The summed E-state index contributed by atoms with van der Waals surface area (Å²) < 4.78 is 13.9. The molecule has 0 aliphatic carbocycles. The van der Waals surface area contributed by atoms with Crippen molar-refractivity contribution in [2.75, 3.05) is 21.3 Å². The topological polar surface area (TPSA) is 61.8 Å². The van der Waals surface area contributed by atoms with Gasteiger partial charge in [0.05, 0.1) is 14.2 Å². The molecule has 0 saturated carbocycles. The van der Waals surface area contributed by atoms with Crippen molar-refractivity contribution >= 4 is 11.9 Å². The number of methoxy groups -OCH3 is 3. The molecule has 0 bridgehead atoms. The van der Waals surface area contributed by atoms with Gasteiger partial charge in [0, 0.05) is 13.5 Å². The first kappa shape index (κ1) is 12.9. The maximum Gasteiger partial charge on any atom is 0.334 e. The van der Waals surface area contributed by atoms with Gasteiger partial charge in [-0.25, -0.2) is 4.79 Å². The van der Waals surface area contributed by atoms with E-state index in [9.17, 15) is 9.59 Å². The molecule has 0 aliphatic heterocycles. The van der Waals surface area contributed by atoms with Crippen LogP contribution in [0.15, 0.2) is 0 Å². The molecule has 0 N–H and O–H groups in total. The minimum Gasteiger partial charge on any atom is -0.469 e. The van der Waals surface area contributed by atoms with Gasteiger partial charge in [-0.05, 0) is 12.8 Å². The lowest BCUT2D eigenvalue weighted by atomic mass is 10.1. The average Bonchev–Trinajstić information content (AvgIpc) is 2.22. The molecule has 0 aliphatic rings. The van der Waals surface area contributed by atoms with E-state index in [-0.39, 0.29) is 12.4 Å². The number of hydrogen-bond donors (Lipinski definition) is 0. The zero-order valence-corrected chi connectivity index (χ0v) is 8.74.